The summed E-state index contributed by atoms with van der Waals surface area (Å²) in [6.45, 7) is 2.80. The molecule has 0 aliphatic carbocycles. The number of anilines is 1. The zero-order valence-corrected chi connectivity index (χ0v) is 19.9. The molecule has 0 unspecified atom stereocenters. The first-order valence-corrected chi connectivity index (χ1v) is 12.3. The van der Waals surface area contributed by atoms with Gasteiger partial charge in [0.1, 0.15) is 5.82 Å². The van der Waals surface area contributed by atoms with Crippen molar-refractivity contribution in [2.24, 2.45) is 0 Å². The quantitative estimate of drug-likeness (QED) is 0.445. The second-order valence-corrected chi connectivity index (χ2v) is 9.13. The number of benzene rings is 1. The Bertz CT molecular complexity index is 1380. The Labute approximate surface area is 209 Å². The SMILES string of the molecule is O=C(c1ccccc1)N1CCN(C(=O)c2nc([C@@H]3CCCN3c3ncccn3)n3ccccc23)CC1. The first kappa shape index (κ1) is 22.2. The lowest BCUT2D eigenvalue weighted by Crippen LogP contribution is -2.50. The van der Waals surface area contributed by atoms with E-state index in [1.807, 2.05) is 70.1 Å². The predicted molar refractivity (Wildman–Crippen MR) is 135 cm³/mol. The molecule has 0 N–H and O–H groups in total. The Morgan fingerprint density at radius 3 is 2.22 bits per heavy atom. The van der Waals surface area contributed by atoms with Gasteiger partial charge in [-0.15, -0.1) is 0 Å². The highest BCUT2D eigenvalue weighted by atomic mass is 16.2. The van der Waals surface area contributed by atoms with Gasteiger partial charge in [-0.25, -0.2) is 15.0 Å². The number of hydrogen-bond donors (Lipinski definition) is 0. The lowest BCUT2D eigenvalue weighted by Gasteiger charge is -2.34. The second-order valence-electron chi connectivity index (χ2n) is 9.13. The van der Waals surface area contributed by atoms with Gasteiger partial charge >= 0.3 is 0 Å². The fourth-order valence-corrected chi connectivity index (χ4v) is 5.19. The maximum absolute atomic E-state index is 13.6. The Kier molecular flexibility index (Phi) is 5.80. The van der Waals surface area contributed by atoms with Crippen molar-refractivity contribution in [1.29, 1.82) is 0 Å². The topological polar surface area (TPSA) is 86.9 Å². The highest BCUT2D eigenvalue weighted by Crippen LogP contribution is 2.35. The molecule has 0 spiro atoms. The lowest BCUT2D eigenvalue weighted by molar-refractivity contribution is 0.0533. The average Bonchev–Trinajstić information content (AvgIpc) is 3.58. The molecule has 0 saturated carbocycles. The summed E-state index contributed by atoms with van der Waals surface area (Å²) < 4.78 is 2.02. The van der Waals surface area contributed by atoms with Gasteiger partial charge in [-0.2, -0.15) is 0 Å². The van der Waals surface area contributed by atoms with Gasteiger partial charge in [0.15, 0.2) is 5.69 Å². The minimum Gasteiger partial charge on any atom is -0.335 e. The summed E-state index contributed by atoms with van der Waals surface area (Å²) in [5.41, 5.74) is 1.92. The van der Waals surface area contributed by atoms with E-state index in [0.29, 0.717) is 43.4 Å². The summed E-state index contributed by atoms with van der Waals surface area (Å²) in [7, 11) is 0. The number of amides is 2. The first-order chi connectivity index (χ1) is 17.7. The van der Waals surface area contributed by atoms with Crippen LogP contribution < -0.4 is 4.90 Å². The van der Waals surface area contributed by atoms with Crippen molar-refractivity contribution in [1.82, 2.24) is 29.2 Å². The molecule has 3 aromatic heterocycles. The van der Waals surface area contributed by atoms with Crippen molar-refractivity contribution in [2.45, 2.75) is 18.9 Å². The smallest absolute Gasteiger partial charge is 0.274 e. The van der Waals surface area contributed by atoms with Gasteiger partial charge in [0.05, 0.1) is 11.6 Å². The molecule has 5 heterocycles. The number of pyridine rings is 1. The third-order valence-electron chi connectivity index (χ3n) is 7.01. The lowest BCUT2D eigenvalue weighted by atomic mass is 10.2. The molecule has 1 aromatic carbocycles. The molecule has 2 aliphatic heterocycles. The monoisotopic (exact) mass is 481 g/mol. The zero-order chi connectivity index (χ0) is 24.5. The van der Waals surface area contributed by atoms with Gasteiger partial charge < -0.3 is 19.1 Å². The number of carbonyl (C=O) groups excluding carboxylic acids is 2. The third kappa shape index (κ3) is 3.96. The van der Waals surface area contributed by atoms with E-state index >= 15 is 0 Å². The standard InChI is InChI=1S/C27H27N7O2/c35-25(20-8-2-1-3-9-20)31-16-18-32(19-17-31)26(36)23-21-10-4-5-14-33(21)24(30-23)22-11-6-15-34(22)27-28-12-7-13-29-27/h1-5,7-10,12-14,22H,6,11,15-19H2/t22-/m0/s1. The van der Waals surface area contributed by atoms with Crippen molar-refractivity contribution < 1.29 is 9.59 Å². The van der Waals surface area contributed by atoms with E-state index in [0.717, 1.165) is 30.7 Å². The molecule has 2 aliphatic rings. The number of rotatable bonds is 4. The highest BCUT2D eigenvalue weighted by molar-refractivity contribution is 5.99. The number of carbonyl (C=O) groups is 2. The van der Waals surface area contributed by atoms with Gasteiger partial charge in [0.2, 0.25) is 5.95 Å². The largest absolute Gasteiger partial charge is 0.335 e. The number of piperazine rings is 1. The van der Waals surface area contributed by atoms with Crippen LogP contribution in [0.5, 0.6) is 0 Å². The van der Waals surface area contributed by atoms with E-state index < -0.39 is 0 Å². The van der Waals surface area contributed by atoms with Crippen molar-refractivity contribution in [3.05, 3.63) is 90.3 Å². The molecular weight excluding hydrogens is 454 g/mol. The van der Waals surface area contributed by atoms with Crippen LogP contribution in [-0.2, 0) is 0 Å². The van der Waals surface area contributed by atoms with E-state index in [1.54, 1.807) is 17.3 Å². The van der Waals surface area contributed by atoms with Crippen LogP contribution in [0, 0.1) is 0 Å². The molecule has 2 saturated heterocycles. The molecule has 6 rings (SSSR count). The van der Waals surface area contributed by atoms with Gasteiger partial charge in [-0.3, -0.25) is 9.59 Å². The Morgan fingerprint density at radius 1 is 0.778 bits per heavy atom. The second kappa shape index (κ2) is 9.41. The summed E-state index contributed by atoms with van der Waals surface area (Å²) in [4.78, 5) is 46.1. The van der Waals surface area contributed by atoms with Crippen LogP contribution in [0.15, 0.2) is 73.2 Å². The van der Waals surface area contributed by atoms with Crippen LogP contribution in [0.25, 0.3) is 5.52 Å². The van der Waals surface area contributed by atoms with E-state index in [1.165, 1.54) is 0 Å². The van der Waals surface area contributed by atoms with Gasteiger partial charge in [0, 0.05) is 56.9 Å². The molecular formula is C27H27N7O2. The number of imidazole rings is 1. The van der Waals surface area contributed by atoms with Crippen LogP contribution in [0.3, 0.4) is 0 Å². The minimum absolute atomic E-state index is 0.00174. The molecule has 9 nitrogen and oxygen atoms in total. The maximum Gasteiger partial charge on any atom is 0.274 e. The Hall–Kier alpha value is -4.27. The molecule has 0 bridgehead atoms. The molecule has 182 valence electrons. The number of fused-ring (bicyclic) bond motifs is 1. The summed E-state index contributed by atoms with van der Waals surface area (Å²) in [5.74, 6) is 1.41. The number of aromatic nitrogens is 4. The summed E-state index contributed by atoms with van der Waals surface area (Å²) in [6.07, 6.45) is 7.38. The van der Waals surface area contributed by atoms with Crippen LogP contribution in [-0.4, -0.2) is 73.7 Å². The molecule has 9 heteroatoms. The predicted octanol–water partition coefficient (Wildman–Crippen LogP) is 3.06. The average molecular weight is 482 g/mol. The zero-order valence-electron chi connectivity index (χ0n) is 19.9. The van der Waals surface area contributed by atoms with Crippen molar-refractivity contribution >= 4 is 23.3 Å². The van der Waals surface area contributed by atoms with Crippen molar-refractivity contribution in [2.75, 3.05) is 37.6 Å². The Balaban J connectivity index is 1.24. The van der Waals surface area contributed by atoms with Crippen LogP contribution in [0.1, 0.15) is 45.6 Å². The Morgan fingerprint density at radius 2 is 1.47 bits per heavy atom. The summed E-state index contributed by atoms with van der Waals surface area (Å²) in [5, 5.41) is 0. The molecule has 36 heavy (non-hydrogen) atoms. The van der Waals surface area contributed by atoms with Gasteiger partial charge in [-0.05, 0) is 43.2 Å². The fraction of sp³-hybridized carbons (Fsp3) is 0.296. The van der Waals surface area contributed by atoms with Crippen LogP contribution in [0.2, 0.25) is 0 Å². The van der Waals surface area contributed by atoms with E-state index in [-0.39, 0.29) is 17.9 Å². The van der Waals surface area contributed by atoms with Crippen LogP contribution >= 0.6 is 0 Å². The minimum atomic E-state index is -0.0998. The summed E-state index contributed by atoms with van der Waals surface area (Å²) >= 11 is 0. The molecule has 2 amide bonds. The highest BCUT2D eigenvalue weighted by Gasteiger charge is 2.34. The molecule has 4 aromatic rings. The van der Waals surface area contributed by atoms with Gasteiger partial charge in [-0.1, -0.05) is 24.3 Å². The van der Waals surface area contributed by atoms with E-state index in [2.05, 4.69) is 14.9 Å². The third-order valence-corrected chi connectivity index (χ3v) is 7.01. The molecule has 2 fully saturated rings. The molecule has 0 radical (unpaired) electrons. The van der Waals surface area contributed by atoms with Crippen molar-refractivity contribution in [3.63, 3.8) is 0 Å². The normalized spacial score (nSPS) is 18.1. The van der Waals surface area contributed by atoms with E-state index in [4.69, 9.17) is 4.98 Å². The maximum atomic E-state index is 13.6. The number of nitrogens with zero attached hydrogens (tertiary/aromatic N) is 7. The summed E-state index contributed by atoms with van der Waals surface area (Å²) in [6, 6.07) is 16.9. The van der Waals surface area contributed by atoms with Crippen molar-refractivity contribution in [3.8, 4) is 0 Å². The van der Waals surface area contributed by atoms with Crippen LogP contribution in [0.4, 0.5) is 5.95 Å². The fourth-order valence-electron chi connectivity index (χ4n) is 5.19. The molecule has 1 atom stereocenters. The van der Waals surface area contributed by atoms with E-state index in [9.17, 15) is 9.59 Å². The first-order valence-electron chi connectivity index (χ1n) is 12.3. The van der Waals surface area contributed by atoms with Gasteiger partial charge in [0.25, 0.3) is 11.8 Å². The number of hydrogen-bond acceptors (Lipinski definition) is 6.